The van der Waals surface area contributed by atoms with E-state index in [-0.39, 0.29) is 0 Å². The first-order chi connectivity index (χ1) is 8.22. The summed E-state index contributed by atoms with van der Waals surface area (Å²) in [4.78, 5) is 2.33. The van der Waals surface area contributed by atoms with Crippen LogP contribution in [0, 0.1) is 0 Å². The molecule has 0 spiro atoms. The van der Waals surface area contributed by atoms with Gasteiger partial charge in [-0.1, -0.05) is 0 Å². The first-order valence-corrected chi connectivity index (χ1v) is 5.92. The highest BCUT2D eigenvalue weighted by atomic mass is 16.7. The van der Waals surface area contributed by atoms with E-state index < -0.39 is 0 Å². The van der Waals surface area contributed by atoms with Crippen LogP contribution in [-0.2, 0) is 6.42 Å². The van der Waals surface area contributed by atoms with Gasteiger partial charge in [-0.05, 0) is 32.0 Å². The second-order valence-electron chi connectivity index (χ2n) is 4.62. The fraction of sp³-hybridized carbons (Fsp3) is 0.538. The Morgan fingerprint density at radius 3 is 3.00 bits per heavy atom. The molecule has 0 fully saturated rings. The summed E-state index contributed by atoms with van der Waals surface area (Å²) in [5.74, 6) is 2.42. The summed E-state index contributed by atoms with van der Waals surface area (Å²) < 4.78 is 16.5. The summed E-state index contributed by atoms with van der Waals surface area (Å²) in [7, 11) is 3.83. The highest BCUT2D eigenvalue weighted by Gasteiger charge is 2.31. The molecule has 0 radical (unpaired) electrons. The molecule has 1 aromatic carbocycles. The summed E-state index contributed by atoms with van der Waals surface area (Å²) in [5.41, 5.74) is 2.56. The topological polar surface area (TPSA) is 30.9 Å². The number of hydrogen-bond acceptors (Lipinski definition) is 4. The predicted molar refractivity (Wildman–Crippen MR) is 63.9 cm³/mol. The van der Waals surface area contributed by atoms with Crippen LogP contribution in [0.5, 0.6) is 17.2 Å². The monoisotopic (exact) mass is 235 g/mol. The maximum atomic E-state index is 5.54. The molecule has 1 unspecified atom stereocenters. The van der Waals surface area contributed by atoms with E-state index >= 15 is 0 Å². The second-order valence-corrected chi connectivity index (χ2v) is 4.62. The standard InChI is InChI=1S/C13H17NO3/c1-8-11-9(4-5-14(8)2)6-10-12(13(11)15-3)17-7-16-10/h6,8H,4-5,7H2,1-3H3. The van der Waals surface area contributed by atoms with Gasteiger partial charge in [0.25, 0.3) is 0 Å². The van der Waals surface area contributed by atoms with Crippen molar-refractivity contribution in [1.29, 1.82) is 0 Å². The minimum Gasteiger partial charge on any atom is -0.492 e. The number of rotatable bonds is 1. The number of benzene rings is 1. The van der Waals surface area contributed by atoms with Gasteiger partial charge in [0.2, 0.25) is 12.5 Å². The van der Waals surface area contributed by atoms with Gasteiger partial charge in [0, 0.05) is 18.2 Å². The third-order valence-electron chi connectivity index (χ3n) is 3.76. The van der Waals surface area contributed by atoms with Gasteiger partial charge in [0.15, 0.2) is 11.5 Å². The molecule has 0 aromatic heterocycles. The van der Waals surface area contributed by atoms with Crippen LogP contribution in [0.3, 0.4) is 0 Å². The zero-order valence-corrected chi connectivity index (χ0v) is 10.4. The van der Waals surface area contributed by atoms with E-state index in [1.54, 1.807) is 7.11 Å². The van der Waals surface area contributed by atoms with E-state index in [1.165, 1.54) is 11.1 Å². The van der Waals surface area contributed by atoms with E-state index in [0.717, 1.165) is 30.2 Å². The molecule has 17 heavy (non-hydrogen) atoms. The first-order valence-electron chi connectivity index (χ1n) is 5.92. The fourth-order valence-corrected chi connectivity index (χ4v) is 2.66. The van der Waals surface area contributed by atoms with Crippen molar-refractivity contribution in [3.05, 3.63) is 17.2 Å². The molecule has 2 aliphatic rings. The van der Waals surface area contributed by atoms with Gasteiger partial charge in [-0.2, -0.15) is 0 Å². The SMILES string of the molecule is COc1c2c(cc3c1C(C)N(C)CC3)OCO2. The van der Waals surface area contributed by atoms with Crippen molar-refractivity contribution in [2.75, 3.05) is 27.5 Å². The zero-order valence-electron chi connectivity index (χ0n) is 10.4. The maximum Gasteiger partial charge on any atom is 0.231 e. The summed E-state index contributed by atoms with van der Waals surface area (Å²) in [6.07, 6.45) is 1.03. The number of methoxy groups -OCH3 is 1. The van der Waals surface area contributed by atoms with Crippen molar-refractivity contribution in [3.8, 4) is 17.2 Å². The molecular weight excluding hydrogens is 218 g/mol. The Labute approximate surface area is 101 Å². The molecule has 0 N–H and O–H groups in total. The molecule has 3 rings (SSSR count). The summed E-state index contributed by atoms with van der Waals surface area (Å²) >= 11 is 0. The van der Waals surface area contributed by atoms with E-state index in [4.69, 9.17) is 14.2 Å². The highest BCUT2D eigenvalue weighted by molar-refractivity contribution is 5.61. The van der Waals surface area contributed by atoms with Crippen LogP contribution >= 0.6 is 0 Å². The summed E-state index contributed by atoms with van der Waals surface area (Å²) in [6, 6.07) is 2.45. The highest BCUT2D eigenvalue weighted by Crippen LogP contribution is 2.49. The van der Waals surface area contributed by atoms with E-state index in [9.17, 15) is 0 Å². The molecule has 0 saturated heterocycles. The lowest BCUT2D eigenvalue weighted by atomic mass is 9.92. The normalized spacial score (nSPS) is 22.4. The second kappa shape index (κ2) is 3.81. The molecule has 4 heteroatoms. The minimum atomic E-state index is 0.290. The van der Waals surface area contributed by atoms with Crippen LogP contribution in [0.15, 0.2) is 6.07 Å². The average molecular weight is 235 g/mol. The van der Waals surface area contributed by atoms with Gasteiger partial charge in [0.1, 0.15) is 0 Å². The Balaban J connectivity index is 2.20. The number of fused-ring (bicyclic) bond motifs is 2. The van der Waals surface area contributed by atoms with Gasteiger partial charge >= 0.3 is 0 Å². The molecule has 92 valence electrons. The predicted octanol–water partition coefficient (Wildman–Crippen LogP) is 1.97. The van der Waals surface area contributed by atoms with Gasteiger partial charge < -0.3 is 14.2 Å². The molecule has 1 aromatic rings. The van der Waals surface area contributed by atoms with Crippen molar-refractivity contribution in [3.63, 3.8) is 0 Å². The lowest BCUT2D eigenvalue weighted by molar-refractivity contribution is 0.170. The number of nitrogens with zero attached hydrogens (tertiary/aromatic N) is 1. The lowest BCUT2D eigenvalue weighted by Gasteiger charge is -2.33. The van der Waals surface area contributed by atoms with Crippen molar-refractivity contribution in [1.82, 2.24) is 4.90 Å². The molecule has 0 bridgehead atoms. The Morgan fingerprint density at radius 1 is 1.41 bits per heavy atom. The van der Waals surface area contributed by atoms with E-state index in [1.807, 2.05) is 0 Å². The minimum absolute atomic E-state index is 0.290. The van der Waals surface area contributed by atoms with Crippen LogP contribution in [0.2, 0.25) is 0 Å². The third-order valence-corrected chi connectivity index (χ3v) is 3.76. The largest absolute Gasteiger partial charge is 0.492 e. The Bertz CT molecular complexity index is 458. The maximum absolute atomic E-state index is 5.54. The third kappa shape index (κ3) is 1.47. The van der Waals surface area contributed by atoms with Crippen LogP contribution in [0.4, 0.5) is 0 Å². The van der Waals surface area contributed by atoms with Crippen molar-refractivity contribution in [2.24, 2.45) is 0 Å². The van der Waals surface area contributed by atoms with Gasteiger partial charge in [-0.15, -0.1) is 0 Å². The molecular formula is C13H17NO3. The van der Waals surface area contributed by atoms with Crippen LogP contribution in [-0.4, -0.2) is 32.4 Å². The van der Waals surface area contributed by atoms with Crippen LogP contribution < -0.4 is 14.2 Å². The first kappa shape index (κ1) is 10.7. The average Bonchev–Trinajstić information content (AvgIpc) is 2.79. The molecule has 4 nitrogen and oxygen atoms in total. The van der Waals surface area contributed by atoms with Gasteiger partial charge in [-0.3, -0.25) is 4.90 Å². The van der Waals surface area contributed by atoms with Gasteiger partial charge in [-0.25, -0.2) is 0 Å². The Morgan fingerprint density at radius 2 is 2.24 bits per heavy atom. The van der Waals surface area contributed by atoms with Crippen LogP contribution in [0.1, 0.15) is 24.1 Å². The van der Waals surface area contributed by atoms with Gasteiger partial charge in [0.05, 0.1) is 7.11 Å². The summed E-state index contributed by atoms with van der Waals surface area (Å²) in [6.45, 7) is 3.55. The molecule has 0 amide bonds. The van der Waals surface area contributed by atoms with Crippen molar-refractivity contribution in [2.45, 2.75) is 19.4 Å². The van der Waals surface area contributed by atoms with Crippen LogP contribution in [0.25, 0.3) is 0 Å². The molecule has 1 atom stereocenters. The fourth-order valence-electron chi connectivity index (χ4n) is 2.66. The molecule has 2 heterocycles. The van der Waals surface area contributed by atoms with Crippen molar-refractivity contribution >= 4 is 0 Å². The number of hydrogen-bond donors (Lipinski definition) is 0. The molecule has 0 saturated carbocycles. The number of ether oxygens (including phenoxy) is 3. The quantitative estimate of drug-likeness (QED) is 0.744. The lowest BCUT2D eigenvalue weighted by Crippen LogP contribution is -2.30. The molecule has 0 aliphatic carbocycles. The molecule has 2 aliphatic heterocycles. The zero-order chi connectivity index (χ0) is 12.0. The van der Waals surface area contributed by atoms with E-state index in [2.05, 4.69) is 24.9 Å². The Hall–Kier alpha value is -1.42. The Kier molecular flexibility index (Phi) is 2.40. The van der Waals surface area contributed by atoms with Crippen molar-refractivity contribution < 1.29 is 14.2 Å². The van der Waals surface area contributed by atoms with E-state index in [0.29, 0.717) is 12.8 Å². The number of likely N-dealkylation sites (N-methyl/N-ethyl adjacent to an activating group) is 1. The smallest absolute Gasteiger partial charge is 0.231 e. The summed E-state index contributed by atoms with van der Waals surface area (Å²) in [5, 5.41) is 0.